The van der Waals surface area contributed by atoms with Crippen LogP contribution in [0.15, 0.2) is 22.5 Å². The van der Waals surface area contributed by atoms with Gasteiger partial charge in [-0.15, -0.1) is 10.2 Å². The summed E-state index contributed by atoms with van der Waals surface area (Å²) in [6, 6.07) is 5.16. The van der Waals surface area contributed by atoms with Crippen molar-refractivity contribution in [1.82, 2.24) is 15.5 Å². The molecule has 2 N–H and O–H groups in total. The first-order valence-electron chi connectivity index (χ1n) is 6.64. The summed E-state index contributed by atoms with van der Waals surface area (Å²) < 4.78 is 5.85. The highest BCUT2D eigenvalue weighted by atomic mass is 32.2. The number of benzene rings is 1. The van der Waals surface area contributed by atoms with E-state index in [2.05, 4.69) is 15.5 Å². The Bertz CT molecular complexity index is 646. The molecule has 1 aromatic carbocycles. The maximum absolute atomic E-state index is 11.8. The van der Waals surface area contributed by atoms with Crippen molar-refractivity contribution in [3.05, 3.63) is 28.8 Å². The molecule has 1 amide bonds. The summed E-state index contributed by atoms with van der Waals surface area (Å²) in [6.07, 6.45) is 0.672. The standard InChI is InChI=1S/C14H17N3O3S2/c1-9-16-17-14(22-9)21-8-13(19)15-6-5-10-3-4-11(18)12(7-10)20-2/h3-4,7,18H,5-6,8H2,1-2H3,(H,15,19). The molecule has 6 nitrogen and oxygen atoms in total. The topological polar surface area (TPSA) is 84.3 Å². The second kappa shape index (κ2) is 8.00. The van der Waals surface area contributed by atoms with Crippen LogP contribution in [0.25, 0.3) is 0 Å². The molecule has 1 aromatic heterocycles. The van der Waals surface area contributed by atoms with E-state index >= 15 is 0 Å². The van der Waals surface area contributed by atoms with Gasteiger partial charge in [0.15, 0.2) is 15.8 Å². The van der Waals surface area contributed by atoms with Crippen LogP contribution >= 0.6 is 23.1 Å². The summed E-state index contributed by atoms with van der Waals surface area (Å²) in [5, 5.41) is 21.1. The number of methoxy groups -OCH3 is 1. The van der Waals surface area contributed by atoms with Crippen LogP contribution in [0.4, 0.5) is 0 Å². The predicted molar refractivity (Wildman–Crippen MR) is 86.7 cm³/mol. The zero-order valence-electron chi connectivity index (χ0n) is 12.3. The molecule has 2 rings (SSSR count). The first-order valence-corrected chi connectivity index (χ1v) is 8.44. The number of aryl methyl sites for hydroxylation is 1. The highest BCUT2D eigenvalue weighted by molar-refractivity contribution is 8.01. The van der Waals surface area contributed by atoms with Crippen molar-refractivity contribution in [1.29, 1.82) is 0 Å². The van der Waals surface area contributed by atoms with Crippen LogP contribution in [0.2, 0.25) is 0 Å². The van der Waals surface area contributed by atoms with Gasteiger partial charge in [0, 0.05) is 6.54 Å². The zero-order valence-corrected chi connectivity index (χ0v) is 14.0. The molecule has 8 heteroatoms. The van der Waals surface area contributed by atoms with Crippen LogP contribution < -0.4 is 10.1 Å². The van der Waals surface area contributed by atoms with Gasteiger partial charge in [-0.05, 0) is 31.0 Å². The number of phenols is 1. The molecule has 0 unspecified atom stereocenters. The van der Waals surface area contributed by atoms with Crippen molar-refractivity contribution in [3.63, 3.8) is 0 Å². The zero-order chi connectivity index (χ0) is 15.9. The number of aromatic hydroxyl groups is 1. The number of carbonyl (C=O) groups is 1. The van der Waals surface area contributed by atoms with E-state index in [-0.39, 0.29) is 11.7 Å². The highest BCUT2D eigenvalue weighted by Gasteiger charge is 2.07. The highest BCUT2D eigenvalue weighted by Crippen LogP contribution is 2.26. The van der Waals surface area contributed by atoms with E-state index in [0.717, 1.165) is 14.9 Å². The number of nitrogens with zero attached hydrogens (tertiary/aromatic N) is 2. The summed E-state index contributed by atoms with van der Waals surface area (Å²) in [4.78, 5) is 11.8. The Morgan fingerprint density at radius 1 is 1.45 bits per heavy atom. The van der Waals surface area contributed by atoms with Crippen molar-refractivity contribution in [3.8, 4) is 11.5 Å². The van der Waals surface area contributed by atoms with Crippen LogP contribution in [0.1, 0.15) is 10.6 Å². The lowest BCUT2D eigenvalue weighted by Crippen LogP contribution is -2.27. The molecule has 0 saturated heterocycles. The Morgan fingerprint density at radius 3 is 2.95 bits per heavy atom. The van der Waals surface area contributed by atoms with E-state index in [1.54, 1.807) is 12.1 Å². The van der Waals surface area contributed by atoms with Gasteiger partial charge in [0.25, 0.3) is 0 Å². The molecule has 0 radical (unpaired) electrons. The number of rotatable bonds is 7. The lowest BCUT2D eigenvalue weighted by atomic mass is 10.1. The second-order valence-corrected chi connectivity index (χ2v) is 6.89. The van der Waals surface area contributed by atoms with Crippen LogP contribution in [0.3, 0.4) is 0 Å². The maximum atomic E-state index is 11.8. The molecular weight excluding hydrogens is 322 g/mol. The summed E-state index contributed by atoms with van der Waals surface area (Å²) in [5.74, 6) is 0.835. The van der Waals surface area contributed by atoms with E-state index in [9.17, 15) is 9.90 Å². The van der Waals surface area contributed by atoms with Crippen molar-refractivity contribution < 1.29 is 14.6 Å². The molecule has 22 heavy (non-hydrogen) atoms. The first kappa shape index (κ1) is 16.6. The Hall–Kier alpha value is -1.80. The molecule has 0 fully saturated rings. The van der Waals surface area contributed by atoms with Crippen LogP contribution in [-0.2, 0) is 11.2 Å². The Labute approximate surface area is 136 Å². The third-order valence-corrected chi connectivity index (χ3v) is 4.79. The summed E-state index contributed by atoms with van der Waals surface area (Å²) in [7, 11) is 1.51. The molecule has 1 heterocycles. The minimum atomic E-state index is -0.0383. The number of ether oxygens (including phenoxy) is 1. The predicted octanol–water partition coefficient (Wildman–Crippen LogP) is 2.01. The lowest BCUT2D eigenvalue weighted by molar-refractivity contribution is -0.118. The molecule has 0 spiro atoms. The van der Waals surface area contributed by atoms with Gasteiger partial charge in [0.05, 0.1) is 12.9 Å². The summed E-state index contributed by atoms with van der Waals surface area (Å²) in [5.41, 5.74) is 0.988. The van der Waals surface area contributed by atoms with Gasteiger partial charge in [0.2, 0.25) is 5.91 Å². The lowest BCUT2D eigenvalue weighted by Gasteiger charge is -2.07. The molecule has 0 saturated carbocycles. The molecule has 118 valence electrons. The number of phenolic OH excluding ortho intramolecular Hbond substituents is 1. The van der Waals surface area contributed by atoms with E-state index < -0.39 is 0 Å². The quantitative estimate of drug-likeness (QED) is 0.751. The van der Waals surface area contributed by atoms with Crippen molar-refractivity contribution in [2.45, 2.75) is 17.7 Å². The fraction of sp³-hybridized carbons (Fsp3) is 0.357. The van der Waals surface area contributed by atoms with Gasteiger partial charge < -0.3 is 15.2 Å². The minimum absolute atomic E-state index is 0.0383. The molecule has 0 bridgehead atoms. The van der Waals surface area contributed by atoms with E-state index in [1.165, 1.54) is 30.2 Å². The van der Waals surface area contributed by atoms with E-state index in [1.807, 2.05) is 13.0 Å². The summed E-state index contributed by atoms with van der Waals surface area (Å²) in [6.45, 7) is 2.41. The van der Waals surface area contributed by atoms with Crippen LogP contribution in [-0.4, -0.2) is 40.6 Å². The first-order chi connectivity index (χ1) is 10.6. The minimum Gasteiger partial charge on any atom is -0.504 e. The maximum Gasteiger partial charge on any atom is 0.230 e. The Kier molecular flexibility index (Phi) is 6.02. The third kappa shape index (κ3) is 4.88. The van der Waals surface area contributed by atoms with Crippen molar-refractivity contribution in [2.75, 3.05) is 19.4 Å². The smallest absolute Gasteiger partial charge is 0.230 e. The average molecular weight is 339 g/mol. The number of hydrogen-bond acceptors (Lipinski definition) is 7. The van der Waals surface area contributed by atoms with Gasteiger partial charge in [-0.2, -0.15) is 0 Å². The largest absolute Gasteiger partial charge is 0.504 e. The van der Waals surface area contributed by atoms with E-state index in [0.29, 0.717) is 24.5 Å². The molecule has 0 aliphatic rings. The number of amides is 1. The van der Waals surface area contributed by atoms with Crippen LogP contribution in [0, 0.1) is 6.92 Å². The van der Waals surface area contributed by atoms with E-state index in [4.69, 9.17) is 4.74 Å². The number of thioether (sulfide) groups is 1. The van der Waals surface area contributed by atoms with Crippen molar-refractivity contribution in [2.24, 2.45) is 0 Å². The summed E-state index contributed by atoms with van der Waals surface area (Å²) >= 11 is 2.86. The van der Waals surface area contributed by atoms with Crippen LogP contribution in [0.5, 0.6) is 11.5 Å². The Morgan fingerprint density at radius 2 is 2.27 bits per heavy atom. The number of carbonyl (C=O) groups excluding carboxylic acids is 1. The molecular formula is C14H17N3O3S2. The van der Waals surface area contributed by atoms with Gasteiger partial charge >= 0.3 is 0 Å². The van der Waals surface area contributed by atoms with Gasteiger partial charge in [0.1, 0.15) is 5.01 Å². The third-order valence-electron chi connectivity index (χ3n) is 2.81. The monoisotopic (exact) mass is 339 g/mol. The normalized spacial score (nSPS) is 10.5. The molecule has 0 aliphatic carbocycles. The number of hydrogen-bond donors (Lipinski definition) is 2. The van der Waals surface area contributed by atoms with Gasteiger partial charge in [-0.1, -0.05) is 29.2 Å². The van der Waals surface area contributed by atoms with Crippen molar-refractivity contribution >= 4 is 29.0 Å². The number of nitrogens with one attached hydrogen (secondary N) is 1. The molecule has 0 aliphatic heterocycles. The molecule has 2 aromatic rings. The Balaban J connectivity index is 1.72. The fourth-order valence-electron chi connectivity index (χ4n) is 1.74. The van der Waals surface area contributed by atoms with Gasteiger partial charge in [-0.25, -0.2) is 0 Å². The van der Waals surface area contributed by atoms with Gasteiger partial charge in [-0.3, -0.25) is 4.79 Å². The fourth-order valence-corrected chi connectivity index (χ4v) is 3.38. The number of aromatic nitrogens is 2. The molecule has 0 atom stereocenters. The second-order valence-electron chi connectivity index (χ2n) is 4.48. The average Bonchev–Trinajstić information content (AvgIpc) is 2.92. The SMILES string of the molecule is COc1cc(CCNC(=O)CSc2nnc(C)s2)ccc1O.